The van der Waals surface area contributed by atoms with Crippen LogP contribution in [0.1, 0.15) is 69.4 Å². The van der Waals surface area contributed by atoms with Crippen molar-refractivity contribution in [2.75, 3.05) is 18.5 Å². The van der Waals surface area contributed by atoms with Crippen LogP contribution in [0, 0.1) is 18.7 Å². The number of fused-ring (bicyclic) bond motifs is 1. The Labute approximate surface area is 217 Å². The van der Waals surface area contributed by atoms with Gasteiger partial charge in [0.15, 0.2) is 5.82 Å². The summed E-state index contributed by atoms with van der Waals surface area (Å²) in [7, 11) is 0. The number of aromatic nitrogens is 3. The maximum absolute atomic E-state index is 15.0. The Kier molecular flexibility index (Phi) is 8.17. The van der Waals surface area contributed by atoms with Gasteiger partial charge >= 0.3 is 0 Å². The lowest BCUT2D eigenvalue weighted by atomic mass is 9.83. The van der Waals surface area contributed by atoms with Crippen molar-refractivity contribution >= 4 is 22.6 Å². The minimum absolute atomic E-state index is 0.0141. The molecule has 1 saturated heterocycles. The first kappa shape index (κ1) is 26.7. The van der Waals surface area contributed by atoms with Crippen LogP contribution in [0.5, 0.6) is 0 Å². The van der Waals surface area contributed by atoms with Crippen molar-refractivity contribution in [1.29, 1.82) is 0 Å². The fourth-order valence-corrected chi connectivity index (χ4v) is 5.00. The summed E-state index contributed by atoms with van der Waals surface area (Å²) in [6.45, 7) is 15.2. The summed E-state index contributed by atoms with van der Waals surface area (Å²) in [4.78, 5) is 13.3. The van der Waals surface area contributed by atoms with Crippen molar-refractivity contribution in [3.05, 3.63) is 77.5 Å². The number of anilines is 1. The fraction of sp³-hybridized carbons (Fsp3) is 0.414. The molecular weight excluding hydrogens is 472 g/mol. The molecule has 1 unspecified atom stereocenters. The van der Waals surface area contributed by atoms with Gasteiger partial charge in [0.1, 0.15) is 34.5 Å². The van der Waals surface area contributed by atoms with Gasteiger partial charge in [0.05, 0.1) is 5.52 Å². The zero-order valence-corrected chi connectivity index (χ0v) is 22.2. The van der Waals surface area contributed by atoms with Gasteiger partial charge in [-0.1, -0.05) is 19.6 Å². The number of pyridine rings is 1. The van der Waals surface area contributed by atoms with Crippen LogP contribution >= 0.6 is 0 Å². The molecule has 1 aromatic carbocycles. The third-order valence-corrected chi connectivity index (χ3v) is 7.00. The largest absolute Gasteiger partial charge is 0.381 e. The molecule has 3 aromatic rings. The van der Waals surface area contributed by atoms with Crippen LogP contribution in [0.3, 0.4) is 0 Å². The van der Waals surface area contributed by atoms with Crippen molar-refractivity contribution < 1.29 is 13.5 Å². The summed E-state index contributed by atoms with van der Waals surface area (Å²) in [5.74, 6) is 1.29. The van der Waals surface area contributed by atoms with Gasteiger partial charge in [-0.25, -0.2) is 23.7 Å². The van der Waals surface area contributed by atoms with E-state index in [2.05, 4.69) is 33.8 Å². The smallest absolute Gasteiger partial charge is 0.151 e. The van der Waals surface area contributed by atoms with Crippen LogP contribution in [0.2, 0.25) is 0 Å². The monoisotopic (exact) mass is 507 g/mol. The van der Waals surface area contributed by atoms with E-state index in [-0.39, 0.29) is 23.1 Å². The first-order valence-corrected chi connectivity index (χ1v) is 12.8. The highest BCUT2D eigenvalue weighted by atomic mass is 19.1. The van der Waals surface area contributed by atoms with Crippen molar-refractivity contribution in [3.63, 3.8) is 0 Å². The molecule has 196 valence electrons. The molecule has 0 amide bonds. The summed E-state index contributed by atoms with van der Waals surface area (Å²) in [5.41, 5.74) is 2.30. The lowest BCUT2D eigenvalue weighted by Gasteiger charge is -2.27. The Morgan fingerprint density at radius 2 is 1.97 bits per heavy atom. The molecular formula is C29H35F2N5O. The summed E-state index contributed by atoms with van der Waals surface area (Å²) >= 11 is 0. The summed E-state index contributed by atoms with van der Waals surface area (Å²) in [6, 6.07) is 6.95. The molecule has 0 radical (unpaired) electrons. The molecule has 0 saturated carbocycles. The van der Waals surface area contributed by atoms with Crippen LogP contribution in [0.15, 0.2) is 59.8 Å². The van der Waals surface area contributed by atoms with Gasteiger partial charge in [0.25, 0.3) is 0 Å². The topological polar surface area (TPSA) is 64.3 Å². The molecule has 0 bridgehead atoms. The third-order valence-electron chi connectivity index (χ3n) is 7.00. The highest BCUT2D eigenvalue weighted by Crippen LogP contribution is 2.32. The van der Waals surface area contributed by atoms with E-state index in [4.69, 9.17) is 4.74 Å². The van der Waals surface area contributed by atoms with E-state index in [9.17, 15) is 4.39 Å². The van der Waals surface area contributed by atoms with Gasteiger partial charge in [-0.05, 0) is 82.2 Å². The molecule has 0 spiro atoms. The summed E-state index contributed by atoms with van der Waals surface area (Å²) < 4.78 is 37.4. The molecule has 4 rings (SSSR count). The van der Waals surface area contributed by atoms with Gasteiger partial charge in [-0.2, -0.15) is 0 Å². The Hall–Kier alpha value is -3.39. The molecule has 6 nitrogen and oxygen atoms in total. The maximum atomic E-state index is 15.0. The van der Waals surface area contributed by atoms with Crippen LogP contribution < -0.4 is 5.32 Å². The average Bonchev–Trinajstić information content (AvgIpc) is 3.24. The maximum Gasteiger partial charge on any atom is 0.151 e. The zero-order chi connectivity index (χ0) is 26.7. The molecule has 37 heavy (non-hydrogen) atoms. The number of hydrogen-bond acceptors (Lipinski definition) is 5. The number of halogens is 2. The number of aliphatic imine (C=N–C) groups is 1. The van der Waals surface area contributed by atoms with E-state index in [0.717, 1.165) is 31.6 Å². The molecule has 1 atom stereocenters. The number of nitrogens with one attached hydrogen (secondary N) is 1. The van der Waals surface area contributed by atoms with Crippen molar-refractivity contribution in [2.24, 2.45) is 10.9 Å². The van der Waals surface area contributed by atoms with Gasteiger partial charge < -0.3 is 14.6 Å². The van der Waals surface area contributed by atoms with Crippen LogP contribution in [-0.2, 0) is 4.74 Å². The normalized spacial score (nSPS) is 16.4. The molecule has 3 heterocycles. The first-order chi connectivity index (χ1) is 17.7. The minimum Gasteiger partial charge on any atom is -0.381 e. The number of aryl methyl sites for hydroxylation is 1. The lowest BCUT2D eigenvalue weighted by molar-refractivity contribution is 0.0596. The summed E-state index contributed by atoms with van der Waals surface area (Å²) in [6.07, 6.45) is 5.25. The zero-order valence-electron chi connectivity index (χ0n) is 22.2. The Morgan fingerprint density at radius 1 is 1.24 bits per heavy atom. The second kappa shape index (κ2) is 11.3. The lowest BCUT2D eigenvalue weighted by Crippen LogP contribution is -2.20. The molecule has 8 heteroatoms. The number of imidazole rings is 1. The van der Waals surface area contributed by atoms with Crippen molar-refractivity contribution in [3.8, 4) is 0 Å². The quantitative estimate of drug-likeness (QED) is 0.327. The van der Waals surface area contributed by atoms with E-state index in [1.54, 1.807) is 13.0 Å². The predicted octanol–water partition coefficient (Wildman–Crippen LogP) is 7.24. The van der Waals surface area contributed by atoms with Crippen LogP contribution in [0.25, 0.3) is 11.0 Å². The van der Waals surface area contributed by atoms with E-state index in [1.165, 1.54) is 12.1 Å². The van der Waals surface area contributed by atoms with E-state index in [0.29, 0.717) is 34.6 Å². The average molecular weight is 508 g/mol. The second-order valence-corrected chi connectivity index (χ2v) is 9.83. The van der Waals surface area contributed by atoms with Crippen LogP contribution in [0.4, 0.5) is 14.6 Å². The van der Waals surface area contributed by atoms with Gasteiger partial charge in [0, 0.05) is 31.0 Å². The number of rotatable bonds is 8. The SMILES string of the molecule is C=C(N=C(/C(F)=C\C)c1cc(F)c2nc(C)n(C(C)C)c2c1)Nc1ccc(C(C)C2CCOCC2)cn1. The summed E-state index contributed by atoms with van der Waals surface area (Å²) in [5, 5.41) is 3.03. The highest BCUT2D eigenvalue weighted by Gasteiger charge is 2.22. The number of nitrogens with zero attached hydrogens (tertiary/aromatic N) is 4. The molecule has 1 aliphatic rings. The Bertz CT molecular complexity index is 1330. The molecule has 2 aromatic heterocycles. The minimum atomic E-state index is -0.581. The van der Waals surface area contributed by atoms with E-state index in [1.807, 2.05) is 43.7 Å². The second-order valence-electron chi connectivity index (χ2n) is 9.83. The third kappa shape index (κ3) is 5.80. The van der Waals surface area contributed by atoms with Gasteiger partial charge in [0.2, 0.25) is 0 Å². The van der Waals surface area contributed by atoms with Crippen molar-refractivity contribution in [2.45, 2.75) is 59.4 Å². The first-order valence-electron chi connectivity index (χ1n) is 12.8. The number of allylic oxidation sites excluding steroid dienone is 2. The highest BCUT2D eigenvalue weighted by molar-refractivity contribution is 6.13. The Balaban J connectivity index is 1.59. The molecule has 0 aliphatic carbocycles. The molecule has 1 fully saturated rings. The number of hydrogen-bond donors (Lipinski definition) is 1. The molecule has 1 N–H and O–H groups in total. The standard InChI is InChI=1S/C29H35F2N5O/c1-7-24(30)28(23-14-25(31)29-26(15-23)36(17(2)3)20(6)35-29)34-19(5)33-27-9-8-22(16-32-27)18(4)21-10-12-37-13-11-21/h7-9,14-18,21H,5,10-13H2,1-4,6H3,(H,32,33)/b24-7+,34-28?. The fourth-order valence-electron chi connectivity index (χ4n) is 5.00. The van der Waals surface area contributed by atoms with E-state index < -0.39 is 11.6 Å². The van der Waals surface area contributed by atoms with E-state index >= 15 is 4.39 Å². The number of benzene rings is 1. The Morgan fingerprint density at radius 3 is 2.59 bits per heavy atom. The van der Waals surface area contributed by atoms with Gasteiger partial charge in [-0.15, -0.1) is 0 Å². The molecule has 1 aliphatic heterocycles. The van der Waals surface area contributed by atoms with Crippen molar-refractivity contribution in [1.82, 2.24) is 14.5 Å². The number of ether oxygens (including phenoxy) is 1. The van der Waals surface area contributed by atoms with Crippen LogP contribution in [-0.4, -0.2) is 33.5 Å². The van der Waals surface area contributed by atoms with Gasteiger partial charge in [-0.3, -0.25) is 0 Å². The predicted molar refractivity (Wildman–Crippen MR) is 145 cm³/mol.